The van der Waals surface area contributed by atoms with Crippen LogP contribution in [0.15, 0.2) is 22.7 Å². The van der Waals surface area contributed by atoms with Gasteiger partial charge in [0.1, 0.15) is 5.75 Å². The van der Waals surface area contributed by atoms with E-state index in [9.17, 15) is 9.59 Å². The van der Waals surface area contributed by atoms with Crippen molar-refractivity contribution in [3.05, 3.63) is 28.2 Å². The number of nitrogens with zero attached hydrogens (tertiary/aromatic N) is 1. The van der Waals surface area contributed by atoms with Gasteiger partial charge in [-0.2, -0.15) is 0 Å². The molecule has 1 fully saturated rings. The van der Waals surface area contributed by atoms with E-state index in [2.05, 4.69) is 29.8 Å². The number of carbonyl (C=O) groups excluding carboxylic acids is 1. The molecule has 0 radical (unpaired) electrons. The highest BCUT2D eigenvalue weighted by molar-refractivity contribution is 9.10. The van der Waals surface area contributed by atoms with E-state index in [1.807, 2.05) is 6.07 Å². The zero-order chi connectivity index (χ0) is 17.7. The Morgan fingerprint density at radius 3 is 2.54 bits per heavy atom. The van der Waals surface area contributed by atoms with Crippen LogP contribution in [0.2, 0.25) is 0 Å². The van der Waals surface area contributed by atoms with Crippen LogP contribution in [0.25, 0.3) is 0 Å². The molecule has 1 aliphatic rings. The van der Waals surface area contributed by atoms with Crippen LogP contribution in [0, 0.1) is 11.8 Å². The quantitative estimate of drug-likeness (QED) is 0.792. The summed E-state index contributed by atoms with van der Waals surface area (Å²) in [7, 11) is 0. The Kier molecular flexibility index (Phi) is 6.66. The predicted octanol–water partition coefficient (Wildman–Crippen LogP) is 3.81. The highest BCUT2D eigenvalue weighted by Crippen LogP contribution is 2.28. The van der Waals surface area contributed by atoms with Crippen LogP contribution < -0.4 is 4.74 Å². The Hall–Kier alpha value is -1.56. The van der Waals surface area contributed by atoms with Gasteiger partial charge in [-0.1, -0.05) is 13.8 Å². The molecule has 1 aliphatic heterocycles. The van der Waals surface area contributed by atoms with E-state index in [4.69, 9.17) is 9.84 Å². The lowest BCUT2D eigenvalue weighted by Crippen LogP contribution is -2.40. The number of carboxylic acid groups (broad SMARTS) is 1. The topological polar surface area (TPSA) is 66.8 Å². The standard InChI is InChI=1S/C18H24BrNO4/c1-12(2)7-10-24-16-4-3-14(11-15(16)19)17(21)20-8-5-13(6-9-20)18(22)23/h3-4,11-13H,5-10H2,1-2H3,(H,22,23). The maximum absolute atomic E-state index is 12.6. The number of halogens is 1. The minimum atomic E-state index is -0.771. The van der Waals surface area contributed by atoms with Gasteiger partial charge in [0.15, 0.2) is 0 Å². The fourth-order valence-electron chi connectivity index (χ4n) is 2.67. The molecule has 0 aliphatic carbocycles. The van der Waals surface area contributed by atoms with Crippen molar-refractivity contribution in [2.75, 3.05) is 19.7 Å². The van der Waals surface area contributed by atoms with Gasteiger partial charge in [0.05, 0.1) is 17.0 Å². The van der Waals surface area contributed by atoms with Crippen LogP contribution in [0.3, 0.4) is 0 Å². The Bertz CT molecular complexity index is 595. The van der Waals surface area contributed by atoms with E-state index in [-0.39, 0.29) is 11.8 Å². The number of carbonyl (C=O) groups is 2. The van der Waals surface area contributed by atoms with Crippen molar-refractivity contribution in [2.24, 2.45) is 11.8 Å². The first-order valence-electron chi connectivity index (χ1n) is 8.33. The van der Waals surface area contributed by atoms with E-state index >= 15 is 0 Å². The molecule has 0 spiro atoms. The molecule has 0 unspecified atom stereocenters. The highest BCUT2D eigenvalue weighted by Gasteiger charge is 2.27. The summed E-state index contributed by atoms with van der Waals surface area (Å²) in [6.45, 7) is 5.91. The summed E-state index contributed by atoms with van der Waals surface area (Å²) >= 11 is 3.46. The summed E-state index contributed by atoms with van der Waals surface area (Å²) in [4.78, 5) is 25.3. The van der Waals surface area contributed by atoms with Crippen molar-refractivity contribution in [3.8, 4) is 5.75 Å². The molecular weight excluding hydrogens is 374 g/mol. The summed E-state index contributed by atoms with van der Waals surface area (Å²) in [6, 6.07) is 5.35. The molecule has 0 aromatic heterocycles. The summed E-state index contributed by atoms with van der Waals surface area (Å²) in [5.41, 5.74) is 0.590. The third-order valence-corrected chi connectivity index (χ3v) is 4.88. The molecule has 2 rings (SSSR count). The number of piperidine rings is 1. The van der Waals surface area contributed by atoms with Crippen molar-refractivity contribution in [3.63, 3.8) is 0 Å². The smallest absolute Gasteiger partial charge is 0.306 e. The van der Waals surface area contributed by atoms with Gasteiger partial charge in [-0.25, -0.2) is 0 Å². The molecule has 0 bridgehead atoms. The van der Waals surface area contributed by atoms with Gasteiger partial charge in [-0.3, -0.25) is 9.59 Å². The van der Waals surface area contributed by atoms with Gasteiger partial charge < -0.3 is 14.7 Å². The van der Waals surface area contributed by atoms with Crippen molar-refractivity contribution < 1.29 is 19.4 Å². The fourth-order valence-corrected chi connectivity index (χ4v) is 3.16. The summed E-state index contributed by atoms with van der Waals surface area (Å²) in [5.74, 6) is 0.147. The summed E-state index contributed by atoms with van der Waals surface area (Å²) in [6.07, 6.45) is 2.00. The SMILES string of the molecule is CC(C)CCOc1ccc(C(=O)N2CCC(C(=O)O)CC2)cc1Br. The van der Waals surface area contributed by atoms with Crippen LogP contribution in [0.1, 0.15) is 43.5 Å². The molecule has 132 valence electrons. The number of ether oxygens (including phenoxy) is 1. The van der Waals surface area contributed by atoms with Gasteiger partial charge in [0.25, 0.3) is 5.91 Å². The number of amides is 1. The number of hydrogen-bond donors (Lipinski definition) is 1. The molecule has 1 saturated heterocycles. The highest BCUT2D eigenvalue weighted by atomic mass is 79.9. The van der Waals surface area contributed by atoms with Gasteiger partial charge in [0.2, 0.25) is 0 Å². The van der Waals surface area contributed by atoms with E-state index in [0.717, 1.165) is 16.6 Å². The molecule has 1 N–H and O–H groups in total. The number of hydrogen-bond acceptors (Lipinski definition) is 3. The Morgan fingerprint density at radius 2 is 2.00 bits per heavy atom. The molecule has 5 nitrogen and oxygen atoms in total. The molecule has 1 aromatic rings. The first-order chi connectivity index (χ1) is 11.4. The lowest BCUT2D eigenvalue weighted by molar-refractivity contribution is -0.143. The molecular formula is C18H24BrNO4. The molecule has 0 saturated carbocycles. The van der Waals surface area contributed by atoms with Crippen molar-refractivity contribution >= 4 is 27.8 Å². The fraction of sp³-hybridized carbons (Fsp3) is 0.556. The Balaban J connectivity index is 1.96. The average molecular weight is 398 g/mol. The normalized spacial score (nSPS) is 15.6. The maximum atomic E-state index is 12.6. The van der Waals surface area contributed by atoms with Crippen LogP contribution in [-0.2, 0) is 4.79 Å². The largest absolute Gasteiger partial charge is 0.492 e. The number of carboxylic acids is 1. The van der Waals surface area contributed by atoms with Gasteiger partial charge in [-0.05, 0) is 59.3 Å². The third kappa shape index (κ3) is 4.97. The van der Waals surface area contributed by atoms with Crippen LogP contribution in [-0.4, -0.2) is 41.6 Å². The average Bonchev–Trinajstić information content (AvgIpc) is 2.55. The van der Waals surface area contributed by atoms with E-state index in [0.29, 0.717) is 44.0 Å². The molecule has 6 heteroatoms. The molecule has 1 amide bonds. The van der Waals surface area contributed by atoms with Gasteiger partial charge >= 0.3 is 5.97 Å². The lowest BCUT2D eigenvalue weighted by Gasteiger charge is -2.30. The molecule has 0 atom stereocenters. The minimum absolute atomic E-state index is 0.0618. The lowest BCUT2D eigenvalue weighted by atomic mass is 9.96. The van der Waals surface area contributed by atoms with E-state index < -0.39 is 5.97 Å². The Labute approximate surface area is 151 Å². The second-order valence-electron chi connectivity index (χ2n) is 6.58. The molecule has 1 heterocycles. The first kappa shape index (κ1) is 18.8. The summed E-state index contributed by atoms with van der Waals surface area (Å²) in [5, 5.41) is 9.03. The second kappa shape index (κ2) is 8.51. The Morgan fingerprint density at radius 1 is 1.33 bits per heavy atom. The second-order valence-corrected chi connectivity index (χ2v) is 7.44. The predicted molar refractivity (Wildman–Crippen MR) is 95.4 cm³/mol. The summed E-state index contributed by atoms with van der Waals surface area (Å²) < 4.78 is 6.49. The van der Waals surface area contributed by atoms with Gasteiger partial charge in [0, 0.05) is 18.7 Å². The zero-order valence-electron chi connectivity index (χ0n) is 14.1. The van der Waals surface area contributed by atoms with Crippen molar-refractivity contribution in [2.45, 2.75) is 33.1 Å². The minimum Gasteiger partial charge on any atom is -0.492 e. The van der Waals surface area contributed by atoms with Crippen molar-refractivity contribution in [1.82, 2.24) is 4.90 Å². The number of aliphatic carboxylic acids is 1. The van der Waals surface area contributed by atoms with E-state index in [1.165, 1.54) is 0 Å². The monoisotopic (exact) mass is 397 g/mol. The van der Waals surface area contributed by atoms with Crippen LogP contribution in [0.4, 0.5) is 0 Å². The molecule has 24 heavy (non-hydrogen) atoms. The van der Waals surface area contributed by atoms with Gasteiger partial charge in [-0.15, -0.1) is 0 Å². The third-order valence-electron chi connectivity index (χ3n) is 4.26. The first-order valence-corrected chi connectivity index (χ1v) is 9.12. The van der Waals surface area contributed by atoms with Crippen molar-refractivity contribution in [1.29, 1.82) is 0 Å². The molecule has 1 aromatic carbocycles. The number of rotatable bonds is 6. The zero-order valence-corrected chi connectivity index (χ0v) is 15.7. The van der Waals surface area contributed by atoms with E-state index in [1.54, 1.807) is 17.0 Å². The van der Waals surface area contributed by atoms with Crippen LogP contribution >= 0.6 is 15.9 Å². The number of likely N-dealkylation sites (tertiary alicyclic amines) is 1. The number of benzene rings is 1. The van der Waals surface area contributed by atoms with Crippen LogP contribution in [0.5, 0.6) is 5.75 Å². The maximum Gasteiger partial charge on any atom is 0.306 e.